The summed E-state index contributed by atoms with van der Waals surface area (Å²) in [4.78, 5) is 10.4. The summed E-state index contributed by atoms with van der Waals surface area (Å²) in [5.74, 6) is -2.62. The fourth-order valence-electron chi connectivity index (χ4n) is 1.58. The van der Waals surface area contributed by atoms with Crippen LogP contribution in [0.5, 0.6) is 5.75 Å². The Morgan fingerprint density at radius 1 is 1.10 bits per heavy atom. The summed E-state index contributed by atoms with van der Waals surface area (Å²) >= 11 is 0. The summed E-state index contributed by atoms with van der Waals surface area (Å²) in [5, 5.41) is 17.9. The molecule has 0 bridgehead atoms. The van der Waals surface area contributed by atoms with E-state index in [1.807, 2.05) is 0 Å². The van der Waals surface area contributed by atoms with Gasteiger partial charge < -0.3 is 10.2 Å². The second-order valence-electron chi connectivity index (χ2n) is 4.10. The zero-order valence-electron chi connectivity index (χ0n) is 10.4. The zero-order chi connectivity index (χ0) is 15.6. The fourth-order valence-corrected chi connectivity index (χ4v) is 2.66. The number of aromatic hydroxyl groups is 1. The highest BCUT2D eigenvalue weighted by atomic mass is 32.2. The number of carboxylic acids is 1. The van der Waals surface area contributed by atoms with Gasteiger partial charge in [0, 0.05) is 5.69 Å². The Labute approximate surface area is 119 Å². The smallest absolute Gasteiger partial charge is 0.338 e. The molecule has 0 radical (unpaired) electrons. The van der Waals surface area contributed by atoms with Crippen molar-refractivity contribution in [3.8, 4) is 5.75 Å². The average molecular weight is 311 g/mol. The van der Waals surface area contributed by atoms with Crippen LogP contribution < -0.4 is 4.72 Å². The number of hydrogen-bond donors (Lipinski definition) is 3. The van der Waals surface area contributed by atoms with Crippen molar-refractivity contribution < 1.29 is 27.8 Å². The number of carboxylic acid groups (broad SMARTS) is 1. The number of halogens is 1. The van der Waals surface area contributed by atoms with Crippen molar-refractivity contribution in [2.24, 2.45) is 0 Å². The highest BCUT2D eigenvalue weighted by Gasteiger charge is 2.19. The summed E-state index contributed by atoms with van der Waals surface area (Å²) in [6, 6.07) is 7.69. The molecule has 0 aliphatic carbocycles. The van der Waals surface area contributed by atoms with Gasteiger partial charge in [-0.15, -0.1) is 0 Å². The summed E-state index contributed by atoms with van der Waals surface area (Å²) in [7, 11) is -4.06. The summed E-state index contributed by atoms with van der Waals surface area (Å²) in [5.41, 5.74) is -0.558. The maximum Gasteiger partial charge on any atom is 0.338 e. The number of anilines is 1. The predicted molar refractivity (Wildman–Crippen MR) is 72.3 cm³/mol. The molecule has 0 aliphatic rings. The maximum absolute atomic E-state index is 13.3. The van der Waals surface area contributed by atoms with Gasteiger partial charge in [0.25, 0.3) is 10.0 Å². The molecule has 2 rings (SSSR count). The second-order valence-corrected chi connectivity index (χ2v) is 5.78. The van der Waals surface area contributed by atoms with Gasteiger partial charge in [0.05, 0.1) is 10.5 Å². The SMILES string of the molecule is O=C(O)c1cc(S(=O)(=O)Nc2ccc(O)cc2)ccc1F. The van der Waals surface area contributed by atoms with E-state index in [2.05, 4.69) is 4.72 Å². The second kappa shape index (κ2) is 5.41. The van der Waals surface area contributed by atoms with E-state index in [1.165, 1.54) is 24.3 Å². The minimum absolute atomic E-state index is 0.0344. The lowest BCUT2D eigenvalue weighted by Crippen LogP contribution is -2.14. The zero-order valence-corrected chi connectivity index (χ0v) is 11.3. The van der Waals surface area contributed by atoms with Crippen LogP contribution in [-0.2, 0) is 10.0 Å². The fraction of sp³-hybridized carbons (Fsp3) is 0. The largest absolute Gasteiger partial charge is 0.508 e. The standard InChI is InChI=1S/C13H10FNO5S/c14-12-6-5-10(7-11(12)13(17)18)21(19,20)15-8-1-3-9(16)4-2-8/h1-7,15-16H,(H,17,18). The van der Waals surface area contributed by atoms with Crippen molar-refractivity contribution in [3.63, 3.8) is 0 Å². The van der Waals surface area contributed by atoms with Crippen LogP contribution in [0.1, 0.15) is 10.4 Å². The molecular weight excluding hydrogens is 301 g/mol. The molecule has 8 heteroatoms. The van der Waals surface area contributed by atoms with Gasteiger partial charge in [0.15, 0.2) is 0 Å². The molecule has 0 aromatic heterocycles. The van der Waals surface area contributed by atoms with Crippen molar-refractivity contribution in [2.45, 2.75) is 4.90 Å². The number of sulfonamides is 1. The topological polar surface area (TPSA) is 104 Å². The molecule has 3 N–H and O–H groups in total. The van der Waals surface area contributed by atoms with Gasteiger partial charge in [-0.2, -0.15) is 0 Å². The number of hydrogen-bond acceptors (Lipinski definition) is 4. The van der Waals surface area contributed by atoms with Crippen molar-refractivity contribution in [1.29, 1.82) is 0 Å². The van der Waals surface area contributed by atoms with E-state index in [4.69, 9.17) is 10.2 Å². The van der Waals surface area contributed by atoms with E-state index in [9.17, 15) is 17.6 Å². The number of phenols is 1. The average Bonchev–Trinajstić information content (AvgIpc) is 2.41. The molecule has 21 heavy (non-hydrogen) atoms. The van der Waals surface area contributed by atoms with Crippen LogP contribution in [0.4, 0.5) is 10.1 Å². The molecule has 0 unspecified atom stereocenters. The van der Waals surface area contributed by atoms with Crippen LogP contribution in [0.3, 0.4) is 0 Å². The monoisotopic (exact) mass is 311 g/mol. The number of rotatable bonds is 4. The van der Waals surface area contributed by atoms with Gasteiger partial charge >= 0.3 is 5.97 Å². The first-order valence-corrected chi connectivity index (χ1v) is 7.12. The van der Waals surface area contributed by atoms with Crippen LogP contribution in [0.15, 0.2) is 47.4 Å². The van der Waals surface area contributed by atoms with Gasteiger partial charge in [-0.25, -0.2) is 17.6 Å². The van der Waals surface area contributed by atoms with Gasteiger partial charge in [-0.05, 0) is 42.5 Å². The molecule has 6 nitrogen and oxygen atoms in total. The molecule has 2 aromatic rings. The first kappa shape index (κ1) is 14.8. The van der Waals surface area contributed by atoms with Crippen molar-refractivity contribution >= 4 is 21.7 Å². The first-order valence-electron chi connectivity index (χ1n) is 5.64. The Bertz CT molecular complexity index is 787. The summed E-state index contributed by atoms with van der Waals surface area (Å²) < 4.78 is 39.6. The Morgan fingerprint density at radius 2 is 1.71 bits per heavy atom. The maximum atomic E-state index is 13.3. The molecule has 0 fully saturated rings. The molecule has 0 heterocycles. The molecule has 0 spiro atoms. The van der Waals surface area contributed by atoms with Gasteiger partial charge in [-0.1, -0.05) is 0 Å². The highest BCUT2D eigenvalue weighted by molar-refractivity contribution is 7.92. The summed E-state index contributed by atoms with van der Waals surface area (Å²) in [6.07, 6.45) is 0. The lowest BCUT2D eigenvalue weighted by atomic mass is 10.2. The van der Waals surface area contributed by atoms with Crippen molar-refractivity contribution in [3.05, 3.63) is 53.8 Å². The lowest BCUT2D eigenvalue weighted by molar-refractivity contribution is 0.0691. The third-order valence-electron chi connectivity index (χ3n) is 2.60. The van der Waals surface area contributed by atoms with Crippen LogP contribution >= 0.6 is 0 Å². The predicted octanol–water partition coefficient (Wildman–Crippen LogP) is 2.03. The van der Waals surface area contributed by atoms with E-state index in [0.717, 1.165) is 18.2 Å². The lowest BCUT2D eigenvalue weighted by Gasteiger charge is -2.09. The van der Waals surface area contributed by atoms with E-state index in [1.54, 1.807) is 0 Å². The Hall–Kier alpha value is -2.61. The van der Waals surface area contributed by atoms with Crippen LogP contribution in [-0.4, -0.2) is 24.6 Å². The minimum atomic E-state index is -4.06. The molecule has 0 atom stereocenters. The number of phenolic OH excluding ortho intramolecular Hbond substituents is 1. The molecule has 2 aromatic carbocycles. The van der Waals surface area contributed by atoms with Crippen LogP contribution in [0.25, 0.3) is 0 Å². The van der Waals surface area contributed by atoms with E-state index < -0.39 is 27.4 Å². The van der Waals surface area contributed by atoms with E-state index in [-0.39, 0.29) is 16.3 Å². The molecule has 110 valence electrons. The number of benzene rings is 2. The highest BCUT2D eigenvalue weighted by Crippen LogP contribution is 2.20. The minimum Gasteiger partial charge on any atom is -0.508 e. The van der Waals surface area contributed by atoms with Crippen LogP contribution in [0, 0.1) is 5.82 Å². The summed E-state index contributed by atoms with van der Waals surface area (Å²) in [6.45, 7) is 0. The molecule has 0 amide bonds. The van der Waals surface area contributed by atoms with Crippen molar-refractivity contribution in [1.82, 2.24) is 0 Å². The van der Waals surface area contributed by atoms with E-state index >= 15 is 0 Å². The molecule has 0 saturated heterocycles. The Balaban J connectivity index is 2.38. The number of carbonyl (C=O) groups is 1. The number of aromatic carboxylic acids is 1. The van der Waals surface area contributed by atoms with Gasteiger partial charge in [0.1, 0.15) is 11.6 Å². The van der Waals surface area contributed by atoms with Gasteiger partial charge in [0.2, 0.25) is 0 Å². The normalized spacial score (nSPS) is 11.1. The van der Waals surface area contributed by atoms with Gasteiger partial charge in [-0.3, -0.25) is 4.72 Å². The van der Waals surface area contributed by atoms with Crippen molar-refractivity contribution in [2.75, 3.05) is 4.72 Å². The molecule has 0 aliphatic heterocycles. The molecular formula is C13H10FNO5S. The Morgan fingerprint density at radius 3 is 2.29 bits per heavy atom. The van der Waals surface area contributed by atoms with Crippen LogP contribution in [0.2, 0.25) is 0 Å². The third-order valence-corrected chi connectivity index (χ3v) is 3.98. The van der Waals surface area contributed by atoms with E-state index in [0.29, 0.717) is 0 Å². The molecule has 0 saturated carbocycles. The quantitative estimate of drug-likeness (QED) is 0.750. The first-order chi connectivity index (χ1) is 9.79. The third kappa shape index (κ3) is 3.29. The Kier molecular flexibility index (Phi) is 3.81. The number of nitrogens with one attached hydrogen (secondary N) is 1.